The Kier molecular flexibility index (Phi) is 7.14. The Balaban J connectivity index is 1.18. The van der Waals surface area contributed by atoms with Gasteiger partial charge in [-0.25, -0.2) is 4.98 Å². The highest BCUT2D eigenvalue weighted by Crippen LogP contribution is 2.39. The maximum absolute atomic E-state index is 12.9. The van der Waals surface area contributed by atoms with E-state index in [0.717, 1.165) is 45.6 Å². The van der Waals surface area contributed by atoms with Crippen molar-refractivity contribution in [3.8, 4) is 0 Å². The minimum Gasteiger partial charge on any atom is -0.383 e. The highest BCUT2D eigenvalue weighted by Gasteiger charge is 2.41. The third-order valence-electron chi connectivity index (χ3n) is 6.87. The Morgan fingerprint density at radius 2 is 1.97 bits per heavy atom. The summed E-state index contributed by atoms with van der Waals surface area (Å²) in [6.45, 7) is 2.36. The molecular formula is C25H25BrF3N5O2S. The fourth-order valence-electron chi connectivity index (χ4n) is 4.68. The quantitative estimate of drug-likeness (QED) is 0.353. The van der Waals surface area contributed by atoms with Crippen molar-refractivity contribution in [2.75, 3.05) is 18.4 Å². The van der Waals surface area contributed by atoms with Crippen molar-refractivity contribution in [2.45, 2.75) is 50.4 Å². The summed E-state index contributed by atoms with van der Waals surface area (Å²) in [7, 11) is 0. The molecule has 1 fully saturated rings. The molecule has 2 aliphatic rings. The Hall–Kier alpha value is -2.73. The number of thiazole rings is 1. The molecule has 1 amide bonds. The molecule has 12 heteroatoms. The van der Waals surface area contributed by atoms with Crippen LogP contribution in [0.4, 0.5) is 13.2 Å². The van der Waals surface area contributed by atoms with Gasteiger partial charge in [0.25, 0.3) is 0 Å². The number of alkyl halides is 4. The highest BCUT2D eigenvalue weighted by atomic mass is 79.9. The number of rotatable bonds is 6. The molecule has 0 radical (unpaired) electrons. The molecule has 1 saturated heterocycles. The fourth-order valence-corrected chi connectivity index (χ4v) is 6.31. The number of likely N-dealkylation sites (tertiary alicyclic amines) is 1. The third kappa shape index (κ3) is 5.31. The van der Waals surface area contributed by atoms with E-state index in [2.05, 4.69) is 26.2 Å². The lowest BCUT2D eigenvalue weighted by Gasteiger charge is -2.31. The highest BCUT2D eigenvalue weighted by molar-refractivity contribution is 9.09. The zero-order valence-electron chi connectivity index (χ0n) is 20.0. The van der Waals surface area contributed by atoms with Gasteiger partial charge in [0, 0.05) is 36.5 Å². The smallest absolute Gasteiger partial charge is 0.383 e. The van der Waals surface area contributed by atoms with Crippen LogP contribution in [-0.4, -0.2) is 49.7 Å². The summed E-state index contributed by atoms with van der Waals surface area (Å²) in [4.78, 5) is 25.2. The van der Waals surface area contributed by atoms with E-state index >= 15 is 0 Å². The van der Waals surface area contributed by atoms with Gasteiger partial charge in [-0.3, -0.25) is 9.48 Å². The van der Waals surface area contributed by atoms with Crippen molar-refractivity contribution in [1.29, 1.82) is 0 Å². The molecule has 37 heavy (non-hydrogen) atoms. The molecule has 0 saturated carbocycles. The minimum absolute atomic E-state index is 0.204. The molecule has 0 aliphatic carbocycles. The molecule has 0 bridgehead atoms. The molecule has 2 aliphatic heterocycles. The molecular weight excluding hydrogens is 571 g/mol. The van der Waals surface area contributed by atoms with Crippen LogP contribution in [0.15, 0.2) is 46.9 Å². The lowest BCUT2D eigenvalue weighted by molar-refractivity contribution is -0.142. The van der Waals surface area contributed by atoms with Crippen LogP contribution in [0.2, 0.25) is 0 Å². The maximum Gasteiger partial charge on any atom is 0.435 e. The van der Waals surface area contributed by atoms with Crippen LogP contribution in [0.25, 0.3) is 0 Å². The summed E-state index contributed by atoms with van der Waals surface area (Å²) in [6, 6.07) is 11.0. The van der Waals surface area contributed by atoms with E-state index in [1.54, 1.807) is 16.2 Å². The number of halogens is 4. The van der Waals surface area contributed by atoms with Gasteiger partial charge in [0.15, 0.2) is 11.3 Å². The average Bonchev–Trinajstić information content (AvgIpc) is 3.64. The van der Waals surface area contributed by atoms with Crippen LogP contribution in [0.1, 0.15) is 52.8 Å². The zero-order valence-corrected chi connectivity index (χ0v) is 22.4. The first kappa shape index (κ1) is 25.9. The number of nitrogens with zero attached hydrogens (tertiary/aromatic N) is 5. The summed E-state index contributed by atoms with van der Waals surface area (Å²) < 4.78 is 39.9. The molecule has 1 unspecified atom stereocenters. The molecule has 0 N–H and O–H groups in total. The van der Waals surface area contributed by atoms with Gasteiger partial charge >= 0.3 is 6.18 Å². The Labute approximate surface area is 224 Å². The molecule has 1 atom stereocenters. The first-order valence-electron chi connectivity index (χ1n) is 11.9. The second kappa shape index (κ2) is 10.2. The topological polar surface area (TPSA) is 72.6 Å². The molecule has 4 heterocycles. The fraction of sp³-hybridized carbons (Fsp3) is 0.440. The van der Waals surface area contributed by atoms with Gasteiger partial charge in [0.1, 0.15) is 12.3 Å². The van der Waals surface area contributed by atoms with Crippen molar-refractivity contribution in [3.05, 3.63) is 69.4 Å². The zero-order chi connectivity index (χ0) is 26.2. The number of aryl methyl sites for hydroxylation is 1. The summed E-state index contributed by atoms with van der Waals surface area (Å²) in [5, 5.41) is 11.5. The van der Waals surface area contributed by atoms with Crippen molar-refractivity contribution in [1.82, 2.24) is 19.7 Å². The van der Waals surface area contributed by atoms with Crippen LogP contribution >= 0.6 is 27.3 Å². The number of amides is 1. The summed E-state index contributed by atoms with van der Waals surface area (Å²) >= 11 is 5.17. The van der Waals surface area contributed by atoms with E-state index in [9.17, 15) is 18.0 Å². The van der Waals surface area contributed by atoms with Crippen LogP contribution in [0.3, 0.4) is 0 Å². The predicted molar refractivity (Wildman–Crippen MR) is 137 cm³/mol. The van der Waals surface area contributed by atoms with Gasteiger partial charge in [0.2, 0.25) is 5.91 Å². The average molecular weight is 596 g/mol. The monoisotopic (exact) mass is 595 g/mol. The van der Waals surface area contributed by atoms with Gasteiger partial charge in [0.05, 0.1) is 16.0 Å². The minimum atomic E-state index is -4.53. The van der Waals surface area contributed by atoms with E-state index in [-0.39, 0.29) is 18.4 Å². The Morgan fingerprint density at radius 1 is 1.24 bits per heavy atom. The number of oxime groups is 1. The third-order valence-corrected chi connectivity index (χ3v) is 8.78. The molecule has 0 spiro atoms. The molecule has 1 aromatic carbocycles. The normalized spacial score (nSPS) is 20.7. The molecule has 196 valence electrons. The predicted octanol–water partition coefficient (Wildman–Crippen LogP) is 5.49. The Bertz CT molecular complexity index is 1300. The van der Waals surface area contributed by atoms with Crippen LogP contribution in [-0.2, 0) is 28.0 Å². The second-order valence-corrected chi connectivity index (χ2v) is 10.8. The number of carbonyl (C=O) groups is 1. The van der Waals surface area contributed by atoms with Crippen molar-refractivity contribution in [3.63, 3.8) is 0 Å². The van der Waals surface area contributed by atoms with Crippen LogP contribution in [0, 0.1) is 6.92 Å². The molecule has 5 rings (SSSR count). The first-order chi connectivity index (χ1) is 17.7. The summed E-state index contributed by atoms with van der Waals surface area (Å²) in [5.41, 5.74) is 1.45. The van der Waals surface area contributed by atoms with Gasteiger partial charge in [-0.2, -0.15) is 18.3 Å². The number of hydrogen-bond donors (Lipinski definition) is 0. The Morgan fingerprint density at radius 3 is 2.62 bits per heavy atom. The summed E-state index contributed by atoms with van der Waals surface area (Å²) in [6.07, 6.45) is -2.44. The van der Waals surface area contributed by atoms with E-state index in [1.165, 1.54) is 6.92 Å². The van der Waals surface area contributed by atoms with E-state index in [0.29, 0.717) is 30.5 Å². The van der Waals surface area contributed by atoms with E-state index < -0.39 is 17.5 Å². The van der Waals surface area contributed by atoms with Crippen molar-refractivity contribution < 1.29 is 22.8 Å². The van der Waals surface area contributed by atoms with Crippen molar-refractivity contribution in [2.24, 2.45) is 5.16 Å². The lowest BCUT2D eigenvalue weighted by Crippen LogP contribution is -2.40. The second-order valence-electron chi connectivity index (χ2n) is 9.35. The van der Waals surface area contributed by atoms with Gasteiger partial charge in [-0.1, -0.05) is 51.4 Å². The van der Waals surface area contributed by atoms with Gasteiger partial charge < -0.3 is 9.74 Å². The van der Waals surface area contributed by atoms with Crippen LogP contribution < -0.4 is 0 Å². The van der Waals surface area contributed by atoms with Gasteiger partial charge in [-0.15, -0.1) is 11.3 Å². The van der Waals surface area contributed by atoms with Gasteiger partial charge in [-0.05, 0) is 31.4 Å². The first-order valence-corrected chi connectivity index (χ1v) is 13.9. The molecule has 2 aromatic heterocycles. The SMILES string of the molecule is Cc1cc(C(F)(F)F)nn1CC(=O)N1CCC(c2nc(C3=NOC(CBr)(c4ccccc4)C3)cs2)CC1. The maximum atomic E-state index is 12.9. The standard InChI is InChI=1S/C25H25BrF3N5O2S/c1-16-11-21(25(27,28)29)31-34(16)13-22(35)33-9-7-17(8-10-33)23-30-20(14-37-23)19-12-24(15-26,36-32-19)18-5-3-2-4-6-18/h2-6,11,14,17H,7-10,12-13,15H2,1H3. The summed E-state index contributed by atoms with van der Waals surface area (Å²) in [5.74, 6) is -0.0215. The lowest BCUT2D eigenvalue weighted by atomic mass is 9.90. The number of carbonyl (C=O) groups excluding carboxylic acids is 1. The number of piperidine rings is 1. The molecule has 3 aromatic rings. The number of aromatic nitrogens is 3. The van der Waals surface area contributed by atoms with Crippen molar-refractivity contribution >= 4 is 38.9 Å². The van der Waals surface area contributed by atoms with Crippen LogP contribution in [0.5, 0.6) is 0 Å². The molecule has 7 nitrogen and oxygen atoms in total. The van der Waals surface area contributed by atoms with E-state index in [1.807, 2.05) is 35.7 Å². The number of benzene rings is 1. The largest absolute Gasteiger partial charge is 0.435 e. The van der Waals surface area contributed by atoms with E-state index in [4.69, 9.17) is 9.82 Å². The number of hydrogen-bond acceptors (Lipinski definition) is 6.